The van der Waals surface area contributed by atoms with Crippen LogP contribution in [-0.4, -0.2) is 75.0 Å². The number of nitrogens with zero attached hydrogens (tertiary/aromatic N) is 2. The van der Waals surface area contributed by atoms with Crippen LogP contribution in [-0.2, 0) is 14.8 Å². The normalized spacial score (nSPS) is 23.4. The third kappa shape index (κ3) is 6.44. The van der Waals surface area contributed by atoms with E-state index in [1.165, 1.54) is 48.5 Å². The lowest BCUT2D eigenvalue weighted by molar-refractivity contribution is -0.0440. The molecule has 1 aliphatic carbocycles. The number of benzene rings is 1. The number of rotatable bonds is 8. The second-order valence-corrected chi connectivity index (χ2v) is 11.4. The zero-order valence-electron chi connectivity index (χ0n) is 19.3. The zero-order chi connectivity index (χ0) is 23.3. The minimum absolute atomic E-state index is 0.0369. The van der Waals surface area contributed by atoms with Gasteiger partial charge < -0.3 is 15.0 Å². The van der Waals surface area contributed by atoms with E-state index in [-0.39, 0.29) is 41.1 Å². The van der Waals surface area contributed by atoms with Gasteiger partial charge in [-0.3, -0.25) is 4.79 Å². The van der Waals surface area contributed by atoms with Gasteiger partial charge in [-0.2, -0.15) is 4.31 Å². The predicted molar refractivity (Wildman–Crippen MR) is 127 cm³/mol. The molecule has 1 saturated heterocycles. The summed E-state index contributed by atoms with van der Waals surface area (Å²) in [5.41, 5.74) is 0.294. The summed E-state index contributed by atoms with van der Waals surface area (Å²) in [7, 11) is -1.67. The minimum atomic E-state index is -3.83. The zero-order valence-corrected chi connectivity index (χ0v) is 20.9. The molecule has 180 valence electrons. The third-order valence-electron chi connectivity index (χ3n) is 6.37. The Hall–Kier alpha value is -1.19. The standard InChI is InChI=1S/C23H36ClN3O4S/c1-17-15-27(16-18(2)31-17)32(29,30)22-14-19(10-11-21(22)24)23(28)25-12-7-13-26(3)20-8-5-4-6-9-20/h10-11,14,17-18,20H,4-9,12-13,15-16H2,1-3H3,(H,25,28). The highest BCUT2D eigenvalue weighted by Gasteiger charge is 2.33. The Labute approximate surface area is 197 Å². The summed E-state index contributed by atoms with van der Waals surface area (Å²) in [6.45, 7) is 5.67. The summed E-state index contributed by atoms with van der Waals surface area (Å²) < 4.78 is 33.4. The first-order valence-corrected chi connectivity index (χ1v) is 13.4. The van der Waals surface area contributed by atoms with Gasteiger partial charge in [0, 0.05) is 31.2 Å². The van der Waals surface area contributed by atoms with Gasteiger partial charge in [0.1, 0.15) is 4.90 Å². The highest BCUT2D eigenvalue weighted by Crippen LogP contribution is 2.28. The van der Waals surface area contributed by atoms with Gasteiger partial charge in [-0.1, -0.05) is 30.9 Å². The van der Waals surface area contributed by atoms with Crippen LogP contribution in [0.1, 0.15) is 62.7 Å². The molecule has 9 heteroatoms. The predicted octanol–water partition coefficient (Wildman–Crippen LogP) is 3.52. The number of hydrogen-bond acceptors (Lipinski definition) is 5. The van der Waals surface area contributed by atoms with E-state index in [2.05, 4.69) is 17.3 Å². The molecule has 1 amide bonds. The molecular weight excluding hydrogens is 450 g/mol. The molecule has 1 N–H and O–H groups in total. The van der Waals surface area contributed by atoms with E-state index in [9.17, 15) is 13.2 Å². The quantitative estimate of drug-likeness (QED) is 0.570. The van der Waals surface area contributed by atoms with Crippen molar-refractivity contribution in [2.45, 2.75) is 75.5 Å². The van der Waals surface area contributed by atoms with E-state index in [4.69, 9.17) is 16.3 Å². The van der Waals surface area contributed by atoms with Crippen molar-refractivity contribution in [3.05, 3.63) is 28.8 Å². The molecule has 1 aromatic carbocycles. The molecule has 2 aliphatic rings. The van der Waals surface area contributed by atoms with E-state index in [0.29, 0.717) is 18.2 Å². The highest BCUT2D eigenvalue weighted by atomic mass is 35.5. The van der Waals surface area contributed by atoms with Crippen molar-refractivity contribution < 1.29 is 17.9 Å². The first kappa shape index (κ1) is 25.4. The Morgan fingerprint density at radius 3 is 2.50 bits per heavy atom. The molecular formula is C23H36ClN3O4S. The number of amides is 1. The summed E-state index contributed by atoms with van der Waals surface area (Å²) >= 11 is 6.24. The number of carbonyl (C=O) groups is 1. The second kappa shape index (κ2) is 11.3. The van der Waals surface area contributed by atoms with E-state index in [1.54, 1.807) is 6.07 Å². The Morgan fingerprint density at radius 1 is 1.19 bits per heavy atom. The van der Waals surface area contributed by atoms with Crippen LogP contribution in [0.15, 0.2) is 23.1 Å². The second-order valence-electron chi connectivity index (χ2n) is 9.11. The maximum absolute atomic E-state index is 13.2. The van der Waals surface area contributed by atoms with Crippen molar-refractivity contribution in [2.75, 3.05) is 33.2 Å². The van der Waals surface area contributed by atoms with Gasteiger partial charge in [0.05, 0.1) is 17.2 Å². The van der Waals surface area contributed by atoms with Crippen molar-refractivity contribution in [1.29, 1.82) is 0 Å². The minimum Gasteiger partial charge on any atom is -0.373 e. The lowest BCUT2D eigenvalue weighted by Crippen LogP contribution is -2.48. The first-order valence-electron chi connectivity index (χ1n) is 11.6. The van der Waals surface area contributed by atoms with Crippen LogP contribution in [0.4, 0.5) is 0 Å². The van der Waals surface area contributed by atoms with Gasteiger partial charge in [-0.05, 0) is 64.9 Å². The smallest absolute Gasteiger partial charge is 0.251 e. The SMILES string of the molecule is CC1CN(S(=O)(=O)c2cc(C(=O)NCCCN(C)C3CCCCC3)ccc2Cl)CC(C)O1. The summed E-state index contributed by atoms with van der Waals surface area (Å²) in [5.74, 6) is -0.290. The van der Waals surface area contributed by atoms with Crippen LogP contribution in [0.3, 0.4) is 0 Å². The fourth-order valence-corrected chi connectivity index (χ4v) is 6.74. The Bertz CT molecular complexity index is 879. The lowest BCUT2D eigenvalue weighted by Gasteiger charge is -2.34. The van der Waals surface area contributed by atoms with E-state index < -0.39 is 10.0 Å². The average Bonchev–Trinajstić information content (AvgIpc) is 2.76. The number of sulfonamides is 1. The highest BCUT2D eigenvalue weighted by molar-refractivity contribution is 7.89. The fourth-order valence-electron chi connectivity index (χ4n) is 4.65. The van der Waals surface area contributed by atoms with Crippen LogP contribution in [0.2, 0.25) is 5.02 Å². The molecule has 2 atom stereocenters. The number of halogens is 1. The summed E-state index contributed by atoms with van der Waals surface area (Å²) in [6.07, 6.45) is 6.89. The summed E-state index contributed by atoms with van der Waals surface area (Å²) in [4.78, 5) is 15.0. The number of morpholine rings is 1. The number of hydrogen-bond donors (Lipinski definition) is 1. The molecule has 7 nitrogen and oxygen atoms in total. The molecule has 1 aliphatic heterocycles. The van der Waals surface area contributed by atoms with Crippen molar-refractivity contribution in [2.24, 2.45) is 0 Å². The Kier molecular flexibility index (Phi) is 8.97. The van der Waals surface area contributed by atoms with Crippen molar-refractivity contribution in [1.82, 2.24) is 14.5 Å². The third-order valence-corrected chi connectivity index (χ3v) is 8.68. The van der Waals surface area contributed by atoms with Gasteiger partial charge in [0.15, 0.2) is 0 Å². The molecule has 1 saturated carbocycles. The Balaban J connectivity index is 1.59. The van der Waals surface area contributed by atoms with Crippen LogP contribution in [0, 0.1) is 0 Å². The fraction of sp³-hybridized carbons (Fsp3) is 0.696. The molecule has 1 aromatic rings. The maximum Gasteiger partial charge on any atom is 0.251 e. The van der Waals surface area contributed by atoms with Gasteiger partial charge in [0.2, 0.25) is 10.0 Å². The number of ether oxygens (including phenoxy) is 1. The molecule has 0 radical (unpaired) electrons. The monoisotopic (exact) mass is 485 g/mol. The topological polar surface area (TPSA) is 79.0 Å². The molecule has 3 rings (SSSR count). The van der Waals surface area contributed by atoms with Crippen molar-refractivity contribution >= 4 is 27.5 Å². The molecule has 2 unspecified atom stereocenters. The van der Waals surface area contributed by atoms with Crippen LogP contribution in [0.5, 0.6) is 0 Å². The molecule has 0 spiro atoms. The van der Waals surface area contributed by atoms with Crippen molar-refractivity contribution in [3.8, 4) is 0 Å². The molecule has 2 fully saturated rings. The summed E-state index contributed by atoms with van der Waals surface area (Å²) in [5, 5.41) is 3.03. The Morgan fingerprint density at radius 2 is 1.84 bits per heavy atom. The first-order chi connectivity index (χ1) is 15.2. The largest absolute Gasteiger partial charge is 0.373 e. The molecule has 0 bridgehead atoms. The van der Waals surface area contributed by atoms with Crippen molar-refractivity contribution in [3.63, 3.8) is 0 Å². The number of nitrogens with one attached hydrogen (secondary N) is 1. The van der Waals surface area contributed by atoms with E-state index in [0.717, 1.165) is 13.0 Å². The average molecular weight is 486 g/mol. The molecule has 0 aromatic heterocycles. The van der Waals surface area contributed by atoms with Crippen LogP contribution >= 0.6 is 11.6 Å². The maximum atomic E-state index is 13.2. The van der Waals surface area contributed by atoms with Crippen LogP contribution < -0.4 is 5.32 Å². The van der Waals surface area contributed by atoms with E-state index in [1.807, 2.05) is 13.8 Å². The number of carbonyl (C=O) groups excluding carboxylic acids is 1. The van der Waals surface area contributed by atoms with Crippen LogP contribution in [0.25, 0.3) is 0 Å². The molecule has 1 heterocycles. The van der Waals surface area contributed by atoms with E-state index >= 15 is 0 Å². The van der Waals surface area contributed by atoms with Gasteiger partial charge >= 0.3 is 0 Å². The van der Waals surface area contributed by atoms with Gasteiger partial charge in [-0.25, -0.2) is 8.42 Å². The van der Waals surface area contributed by atoms with Gasteiger partial charge in [0.25, 0.3) is 5.91 Å². The summed E-state index contributed by atoms with van der Waals surface area (Å²) in [6, 6.07) is 5.07. The van der Waals surface area contributed by atoms with Gasteiger partial charge in [-0.15, -0.1) is 0 Å². The molecule has 32 heavy (non-hydrogen) atoms. The lowest BCUT2D eigenvalue weighted by atomic mass is 9.94.